The standard InChI is InChI=1S/C19H14Cl2N2O2S/c1-11-22-16(10-26-11)12-3-5-18-17(6-12)23(19(24)9-25-18)8-13-2-4-14(20)7-15(13)21/h2-7,10H,8-9H2,1H3. The van der Waals surface area contributed by atoms with Crippen LogP contribution in [0.5, 0.6) is 5.75 Å². The van der Waals surface area contributed by atoms with Crippen LogP contribution in [0.1, 0.15) is 10.6 Å². The van der Waals surface area contributed by atoms with Crippen LogP contribution in [0.25, 0.3) is 11.3 Å². The van der Waals surface area contributed by atoms with Gasteiger partial charge in [0.2, 0.25) is 0 Å². The lowest BCUT2D eigenvalue weighted by Gasteiger charge is -2.30. The number of rotatable bonds is 3. The number of hydrogen-bond acceptors (Lipinski definition) is 4. The first-order valence-electron chi connectivity index (χ1n) is 7.95. The van der Waals surface area contributed by atoms with Gasteiger partial charge in [-0.3, -0.25) is 4.79 Å². The highest BCUT2D eigenvalue weighted by Crippen LogP contribution is 2.37. The van der Waals surface area contributed by atoms with Gasteiger partial charge in [0.1, 0.15) is 5.75 Å². The van der Waals surface area contributed by atoms with Crippen molar-refractivity contribution in [2.24, 2.45) is 0 Å². The van der Waals surface area contributed by atoms with E-state index in [9.17, 15) is 4.79 Å². The van der Waals surface area contributed by atoms with E-state index in [-0.39, 0.29) is 12.5 Å². The third-order valence-corrected chi connectivity index (χ3v) is 5.52. The number of carbonyl (C=O) groups is 1. The summed E-state index contributed by atoms with van der Waals surface area (Å²) in [5.74, 6) is 0.556. The molecule has 0 spiro atoms. The average molecular weight is 405 g/mol. The minimum Gasteiger partial charge on any atom is -0.482 e. The van der Waals surface area contributed by atoms with Crippen molar-refractivity contribution >= 4 is 46.1 Å². The first kappa shape index (κ1) is 17.3. The molecule has 132 valence electrons. The van der Waals surface area contributed by atoms with E-state index in [1.807, 2.05) is 36.6 Å². The van der Waals surface area contributed by atoms with Gasteiger partial charge in [0, 0.05) is 21.0 Å². The van der Waals surface area contributed by atoms with Crippen molar-refractivity contribution in [1.82, 2.24) is 4.98 Å². The highest BCUT2D eigenvalue weighted by atomic mass is 35.5. The number of benzene rings is 2. The van der Waals surface area contributed by atoms with Gasteiger partial charge in [-0.15, -0.1) is 11.3 Å². The van der Waals surface area contributed by atoms with Crippen LogP contribution in [0.2, 0.25) is 10.0 Å². The molecule has 1 aromatic heterocycles. The number of halogens is 2. The Morgan fingerprint density at radius 3 is 2.81 bits per heavy atom. The molecule has 0 N–H and O–H groups in total. The molecule has 0 radical (unpaired) electrons. The Kier molecular flexibility index (Phi) is 4.61. The van der Waals surface area contributed by atoms with Gasteiger partial charge in [-0.1, -0.05) is 29.3 Å². The molecule has 26 heavy (non-hydrogen) atoms. The number of aromatic nitrogens is 1. The molecule has 2 aromatic carbocycles. The molecular formula is C19H14Cl2N2O2S. The van der Waals surface area contributed by atoms with E-state index in [0.717, 1.165) is 27.5 Å². The summed E-state index contributed by atoms with van der Waals surface area (Å²) in [6.45, 7) is 2.33. The molecule has 0 unspecified atom stereocenters. The third-order valence-electron chi connectivity index (χ3n) is 4.16. The summed E-state index contributed by atoms with van der Waals surface area (Å²) in [5.41, 5.74) is 3.37. The zero-order valence-corrected chi connectivity index (χ0v) is 16.2. The van der Waals surface area contributed by atoms with E-state index in [1.165, 1.54) is 0 Å². The van der Waals surface area contributed by atoms with E-state index in [2.05, 4.69) is 4.98 Å². The van der Waals surface area contributed by atoms with Crippen LogP contribution >= 0.6 is 34.5 Å². The number of thiazole rings is 1. The third kappa shape index (κ3) is 3.30. The first-order chi connectivity index (χ1) is 12.5. The Bertz CT molecular complexity index is 1000. The number of nitrogens with zero attached hydrogens (tertiary/aromatic N) is 2. The van der Waals surface area contributed by atoms with Gasteiger partial charge in [-0.25, -0.2) is 4.98 Å². The molecule has 7 heteroatoms. The molecule has 0 aliphatic carbocycles. The van der Waals surface area contributed by atoms with E-state index < -0.39 is 0 Å². The van der Waals surface area contributed by atoms with Crippen molar-refractivity contribution in [3.63, 3.8) is 0 Å². The normalized spacial score (nSPS) is 13.5. The van der Waals surface area contributed by atoms with Gasteiger partial charge in [-0.2, -0.15) is 0 Å². The molecule has 1 aliphatic rings. The summed E-state index contributed by atoms with van der Waals surface area (Å²) < 4.78 is 5.59. The van der Waals surface area contributed by atoms with Crippen molar-refractivity contribution in [1.29, 1.82) is 0 Å². The maximum absolute atomic E-state index is 12.5. The minimum atomic E-state index is -0.116. The van der Waals surface area contributed by atoms with Gasteiger partial charge < -0.3 is 9.64 Å². The number of carbonyl (C=O) groups excluding carboxylic acids is 1. The smallest absolute Gasteiger partial charge is 0.265 e. The highest BCUT2D eigenvalue weighted by molar-refractivity contribution is 7.09. The fourth-order valence-electron chi connectivity index (χ4n) is 2.85. The zero-order valence-electron chi connectivity index (χ0n) is 13.8. The molecule has 0 atom stereocenters. The van der Waals surface area contributed by atoms with E-state index >= 15 is 0 Å². The second kappa shape index (κ2) is 6.91. The van der Waals surface area contributed by atoms with Crippen LogP contribution in [0, 0.1) is 6.92 Å². The molecule has 0 bridgehead atoms. The number of aryl methyl sites for hydroxylation is 1. The van der Waals surface area contributed by atoms with Crippen molar-refractivity contribution in [2.75, 3.05) is 11.5 Å². The van der Waals surface area contributed by atoms with Gasteiger partial charge in [0.25, 0.3) is 5.91 Å². The van der Waals surface area contributed by atoms with Crippen molar-refractivity contribution in [2.45, 2.75) is 13.5 Å². The van der Waals surface area contributed by atoms with Crippen LogP contribution in [-0.2, 0) is 11.3 Å². The second-order valence-corrected chi connectivity index (χ2v) is 7.84. The maximum atomic E-state index is 12.5. The molecule has 1 amide bonds. The van der Waals surface area contributed by atoms with Crippen molar-refractivity contribution < 1.29 is 9.53 Å². The Hall–Kier alpha value is -2.08. The van der Waals surface area contributed by atoms with Gasteiger partial charge in [-0.05, 0) is 42.8 Å². The van der Waals surface area contributed by atoms with E-state index in [0.29, 0.717) is 22.3 Å². The lowest BCUT2D eigenvalue weighted by Crippen LogP contribution is -2.38. The van der Waals surface area contributed by atoms with E-state index in [1.54, 1.807) is 28.4 Å². The SMILES string of the molecule is Cc1nc(-c2ccc3c(c2)N(Cc2ccc(Cl)cc2Cl)C(=O)CO3)cs1. The molecule has 4 nitrogen and oxygen atoms in total. The Balaban J connectivity index is 1.73. The largest absolute Gasteiger partial charge is 0.482 e. The number of anilines is 1. The Labute approximate surface area is 165 Å². The number of amides is 1. The monoisotopic (exact) mass is 404 g/mol. The summed E-state index contributed by atoms with van der Waals surface area (Å²) in [6.07, 6.45) is 0. The maximum Gasteiger partial charge on any atom is 0.265 e. The van der Waals surface area contributed by atoms with Gasteiger partial charge in [0.05, 0.1) is 22.9 Å². The summed E-state index contributed by atoms with van der Waals surface area (Å²) in [4.78, 5) is 18.7. The number of hydrogen-bond donors (Lipinski definition) is 0. The van der Waals surface area contributed by atoms with Crippen LogP contribution in [0.15, 0.2) is 41.8 Å². The Morgan fingerprint density at radius 1 is 1.23 bits per heavy atom. The van der Waals surface area contributed by atoms with Gasteiger partial charge in [0.15, 0.2) is 6.61 Å². The predicted molar refractivity (Wildman–Crippen MR) is 105 cm³/mol. The molecule has 0 fully saturated rings. The topological polar surface area (TPSA) is 42.4 Å². The summed E-state index contributed by atoms with van der Waals surface area (Å²) >= 11 is 13.9. The molecule has 0 saturated heterocycles. The molecule has 2 heterocycles. The van der Waals surface area contributed by atoms with Crippen molar-refractivity contribution in [3.8, 4) is 17.0 Å². The number of fused-ring (bicyclic) bond motifs is 1. The van der Waals surface area contributed by atoms with Crippen LogP contribution in [0.3, 0.4) is 0 Å². The number of ether oxygens (including phenoxy) is 1. The van der Waals surface area contributed by atoms with Crippen LogP contribution < -0.4 is 9.64 Å². The highest BCUT2D eigenvalue weighted by Gasteiger charge is 2.27. The van der Waals surface area contributed by atoms with Crippen LogP contribution in [-0.4, -0.2) is 17.5 Å². The first-order valence-corrected chi connectivity index (χ1v) is 9.58. The second-order valence-electron chi connectivity index (χ2n) is 5.94. The summed E-state index contributed by atoms with van der Waals surface area (Å²) in [6, 6.07) is 11.0. The van der Waals surface area contributed by atoms with Gasteiger partial charge >= 0.3 is 0 Å². The quantitative estimate of drug-likeness (QED) is 0.590. The lowest BCUT2D eigenvalue weighted by atomic mass is 10.1. The van der Waals surface area contributed by atoms with Crippen LogP contribution in [0.4, 0.5) is 5.69 Å². The zero-order chi connectivity index (χ0) is 18.3. The lowest BCUT2D eigenvalue weighted by molar-refractivity contribution is -0.121. The molecule has 3 aromatic rings. The molecular weight excluding hydrogens is 391 g/mol. The summed E-state index contributed by atoms with van der Waals surface area (Å²) in [5, 5.41) is 4.09. The average Bonchev–Trinajstić information content (AvgIpc) is 3.05. The fourth-order valence-corrected chi connectivity index (χ4v) is 3.94. The molecule has 1 aliphatic heterocycles. The van der Waals surface area contributed by atoms with E-state index in [4.69, 9.17) is 27.9 Å². The predicted octanol–water partition coefficient (Wildman–Crippen LogP) is 5.35. The fraction of sp³-hybridized carbons (Fsp3) is 0.158. The Morgan fingerprint density at radius 2 is 2.08 bits per heavy atom. The van der Waals surface area contributed by atoms with Crippen molar-refractivity contribution in [3.05, 3.63) is 62.4 Å². The molecule has 4 rings (SSSR count). The molecule has 0 saturated carbocycles. The minimum absolute atomic E-state index is 0.00731. The summed E-state index contributed by atoms with van der Waals surface area (Å²) in [7, 11) is 0.